The zero-order chi connectivity index (χ0) is 19.7. The Labute approximate surface area is 155 Å². The molecule has 0 heterocycles. The van der Waals surface area contributed by atoms with Gasteiger partial charge >= 0.3 is 12.1 Å². The number of hydrogen-bond donors (Lipinski definition) is 3. The summed E-state index contributed by atoms with van der Waals surface area (Å²) in [7, 11) is 0. The van der Waals surface area contributed by atoms with Crippen LogP contribution >= 0.6 is 0 Å². The summed E-state index contributed by atoms with van der Waals surface area (Å²) in [6, 6.07) is 8.31. The first kappa shape index (κ1) is 21.9. The highest BCUT2D eigenvalue weighted by Crippen LogP contribution is 2.12. The maximum Gasteiger partial charge on any atom is 0.408 e. The van der Waals surface area contributed by atoms with Gasteiger partial charge in [-0.05, 0) is 38.7 Å². The predicted octanol–water partition coefficient (Wildman–Crippen LogP) is 3.10. The molecule has 26 heavy (non-hydrogen) atoms. The van der Waals surface area contributed by atoms with Gasteiger partial charge in [-0.3, -0.25) is 4.84 Å². The Morgan fingerprint density at radius 2 is 1.77 bits per heavy atom. The number of benzene rings is 1. The highest BCUT2D eigenvalue weighted by atomic mass is 16.6. The molecular formula is C19H30N2O5. The summed E-state index contributed by atoms with van der Waals surface area (Å²) in [5.74, 6) is -1.01. The second kappa shape index (κ2) is 10.1. The van der Waals surface area contributed by atoms with Gasteiger partial charge < -0.3 is 15.2 Å². The van der Waals surface area contributed by atoms with Crippen molar-refractivity contribution in [1.82, 2.24) is 10.8 Å². The van der Waals surface area contributed by atoms with Gasteiger partial charge in [0.1, 0.15) is 11.6 Å². The van der Waals surface area contributed by atoms with Gasteiger partial charge in [0.15, 0.2) is 0 Å². The molecule has 0 spiro atoms. The maximum absolute atomic E-state index is 11.9. The first-order valence-corrected chi connectivity index (χ1v) is 8.72. The molecule has 0 aliphatic carbocycles. The Morgan fingerprint density at radius 1 is 1.15 bits per heavy atom. The number of carboxylic acids is 1. The largest absolute Gasteiger partial charge is 0.480 e. The number of carbonyl (C=O) groups excluding carboxylic acids is 1. The van der Waals surface area contributed by atoms with Gasteiger partial charge in [0, 0.05) is 6.04 Å². The number of carbonyl (C=O) groups is 2. The van der Waals surface area contributed by atoms with E-state index >= 15 is 0 Å². The third kappa shape index (κ3) is 8.82. The van der Waals surface area contributed by atoms with Crippen LogP contribution in [0.3, 0.4) is 0 Å². The van der Waals surface area contributed by atoms with E-state index in [0.717, 1.165) is 5.56 Å². The molecule has 0 fully saturated rings. The molecule has 3 N–H and O–H groups in total. The summed E-state index contributed by atoms with van der Waals surface area (Å²) in [5.41, 5.74) is 3.23. The van der Waals surface area contributed by atoms with Crippen molar-refractivity contribution < 1.29 is 24.3 Å². The average molecular weight is 366 g/mol. The maximum atomic E-state index is 11.9. The summed E-state index contributed by atoms with van der Waals surface area (Å²) in [4.78, 5) is 28.9. The van der Waals surface area contributed by atoms with Gasteiger partial charge in [-0.25, -0.2) is 9.59 Å². The van der Waals surface area contributed by atoms with Crippen LogP contribution in [0.1, 0.15) is 46.6 Å². The molecule has 2 atom stereocenters. The van der Waals surface area contributed by atoms with Crippen molar-refractivity contribution in [3.05, 3.63) is 35.9 Å². The van der Waals surface area contributed by atoms with Gasteiger partial charge in [0.2, 0.25) is 0 Å². The molecule has 1 rings (SSSR count). The van der Waals surface area contributed by atoms with Gasteiger partial charge in [0.25, 0.3) is 0 Å². The smallest absolute Gasteiger partial charge is 0.408 e. The summed E-state index contributed by atoms with van der Waals surface area (Å²) in [6.07, 6.45) is -0.585. The molecule has 0 radical (unpaired) electrons. The average Bonchev–Trinajstić information content (AvgIpc) is 2.51. The molecule has 1 unspecified atom stereocenters. The van der Waals surface area contributed by atoms with Crippen LogP contribution in [-0.4, -0.2) is 34.9 Å². The Kier molecular flexibility index (Phi) is 8.54. The highest BCUT2D eigenvalue weighted by molar-refractivity contribution is 5.80. The van der Waals surface area contributed by atoms with Crippen LogP contribution < -0.4 is 10.8 Å². The molecule has 1 aromatic carbocycles. The highest BCUT2D eigenvalue weighted by Gasteiger charge is 2.28. The number of hydrogen-bond acceptors (Lipinski definition) is 5. The zero-order valence-electron chi connectivity index (χ0n) is 16.1. The lowest BCUT2D eigenvalue weighted by molar-refractivity contribution is -0.140. The molecule has 0 aliphatic rings. The fourth-order valence-electron chi connectivity index (χ4n) is 2.19. The second-order valence-corrected chi connectivity index (χ2v) is 7.52. The molecule has 0 bridgehead atoms. The minimum absolute atomic E-state index is 0.105. The van der Waals surface area contributed by atoms with Crippen molar-refractivity contribution in [2.45, 2.75) is 65.3 Å². The van der Waals surface area contributed by atoms with Crippen molar-refractivity contribution in [3.8, 4) is 0 Å². The van der Waals surface area contributed by atoms with Crippen molar-refractivity contribution in [1.29, 1.82) is 0 Å². The number of hydroxylamine groups is 1. The number of alkyl carbamates (subject to hydrolysis) is 1. The molecule has 0 saturated heterocycles. The van der Waals surface area contributed by atoms with Gasteiger partial charge in [-0.15, -0.1) is 0 Å². The minimum atomic E-state index is -1.12. The molecule has 0 aliphatic heterocycles. The number of ether oxygens (including phenoxy) is 1. The van der Waals surface area contributed by atoms with Crippen LogP contribution in [0.5, 0.6) is 0 Å². The third-order valence-corrected chi connectivity index (χ3v) is 3.60. The lowest BCUT2D eigenvalue weighted by Gasteiger charge is -2.26. The van der Waals surface area contributed by atoms with Crippen LogP contribution in [0.2, 0.25) is 0 Å². The lowest BCUT2D eigenvalue weighted by Crippen LogP contribution is -2.48. The number of amides is 1. The normalized spacial score (nSPS) is 13.9. The summed E-state index contributed by atoms with van der Waals surface area (Å²) in [5, 5.41) is 11.8. The Hall–Kier alpha value is -2.12. The molecule has 1 aromatic rings. The quantitative estimate of drug-likeness (QED) is 0.581. The van der Waals surface area contributed by atoms with Crippen molar-refractivity contribution in [2.75, 3.05) is 0 Å². The summed E-state index contributed by atoms with van der Waals surface area (Å²) in [6.45, 7) is 9.43. The van der Waals surface area contributed by atoms with E-state index < -0.39 is 23.7 Å². The SMILES string of the molecule is CC(C)C(C[C@@H](NC(=O)OC(C)(C)C)C(=O)O)NOCc1ccccc1. The van der Waals surface area contributed by atoms with Gasteiger partial charge in [-0.1, -0.05) is 44.2 Å². The van der Waals surface area contributed by atoms with E-state index in [2.05, 4.69) is 10.8 Å². The van der Waals surface area contributed by atoms with Gasteiger partial charge in [-0.2, -0.15) is 5.48 Å². The van der Waals surface area contributed by atoms with Crippen molar-refractivity contribution in [3.63, 3.8) is 0 Å². The summed E-state index contributed by atoms with van der Waals surface area (Å²) >= 11 is 0. The van der Waals surface area contributed by atoms with E-state index in [1.807, 2.05) is 44.2 Å². The molecule has 7 nitrogen and oxygen atoms in total. The molecule has 0 aromatic heterocycles. The van der Waals surface area contributed by atoms with E-state index in [9.17, 15) is 14.7 Å². The summed E-state index contributed by atoms with van der Waals surface area (Å²) < 4.78 is 5.13. The fourth-order valence-corrected chi connectivity index (χ4v) is 2.19. The van der Waals surface area contributed by atoms with Crippen molar-refractivity contribution >= 4 is 12.1 Å². The Balaban J connectivity index is 2.60. The third-order valence-electron chi connectivity index (χ3n) is 3.60. The van der Waals surface area contributed by atoms with E-state index in [4.69, 9.17) is 9.57 Å². The Bertz CT molecular complexity index is 569. The number of rotatable bonds is 9. The fraction of sp³-hybridized carbons (Fsp3) is 0.579. The second-order valence-electron chi connectivity index (χ2n) is 7.52. The predicted molar refractivity (Wildman–Crippen MR) is 98.4 cm³/mol. The minimum Gasteiger partial charge on any atom is -0.480 e. The molecule has 7 heteroatoms. The van der Waals surface area contributed by atoms with E-state index in [-0.39, 0.29) is 18.4 Å². The number of carboxylic acid groups (broad SMARTS) is 1. The topological polar surface area (TPSA) is 96.9 Å². The number of nitrogens with one attached hydrogen (secondary N) is 2. The molecule has 0 saturated carbocycles. The zero-order valence-corrected chi connectivity index (χ0v) is 16.1. The molecule has 146 valence electrons. The van der Waals surface area contributed by atoms with Gasteiger partial charge in [0.05, 0.1) is 6.61 Å². The van der Waals surface area contributed by atoms with Crippen LogP contribution in [-0.2, 0) is 21.0 Å². The standard InChI is InChI=1S/C19H30N2O5/c1-13(2)15(21-25-12-14-9-7-6-8-10-14)11-16(17(22)23)20-18(24)26-19(3,4)5/h6-10,13,15-16,21H,11-12H2,1-5H3,(H,20,24)(H,22,23)/t15?,16-/m1/s1. The number of aliphatic carboxylic acids is 1. The molecule has 1 amide bonds. The van der Waals surface area contributed by atoms with E-state index in [0.29, 0.717) is 6.61 Å². The monoisotopic (exact) mass is 366 g/mol. The van der Waals surface area contributed by atoms with Crippen LogP contribution in [0.4, 0.5) is 4.79 Å². The van der Waals surface area contributed by atoms with E-state index in [1.165, 1.54) is 0 Å². The van der Waals surface area contributed by atoms with Crippen LogP contribution in [0.15, 0.2) is 30.3 Å². The van der Waals surface area contributed by atoms with Crippen molar-refractivity contribution in [2.24, 2.45) is 5.92 Å². The lowest BCUT2D eigenvalue weighted by atomic mass is 9.97. The Morgan fingerprint density at radius 3 is 2.27 bits per heavy atom. The molecular weight excluding hydrogens is 336 g/mol. The van der Waals surface area contributed by atoms with Crippen LogP contribution in [0, 0.1) is 5.92 Å². The first-order chi connectivity index (χ1) is 12.1. The van der Waals surface area contributed by atoms with Crippen LogP contribution in [0.25, 0.3) is 0 Å². The van der Waals surface area contributed by atoms with E-state index in [1.54, 1.807) is 20.8 Å². The first-order valence-electron chi connectivity index (χ1n) is 8.72.